The van der Waals surface area contributed by atoms with Crippen LogP contribution in [0.1, 0.15) is 19.1 Å². The zero-order valence-corrected chi connectivity index (χ0v) is 15.1. The summed E-state index contributed by atoms with van der Waals surface area (Å²) in [6.07, 6.45) is 2.56. The largest absolute Gasteiger partial charge is 0.467 e. The standard InChI is InChI=1S/C14H25N3O3.HI/c1-3-18-11-8-17-14(15-2)16-7-5-9-19-12-13-6-4-10-20-13;/h4,6,10H,3,5,7-9,11-12H2,1-2H3,(H2,15,16,17);1H. The van der Waals surface area contributed by atoms with Crippen LogP contribution in [0.3, 0.4) is 0 Å². The van der Waals surface area contributed by atoms with Crippen LogP contribution in [0.25, 0.3) is 0 Å². The van der Waals surface area contributed by atoms with Crippen molar-refractivity contribution in [2.45, 2.75) is 20.0 Å². The molecule has 0 aliphatic carbocycles. The highest BCUT2D eigenvalue weighted by Gasteiger charge is 1.98. The van der Waals surface area contributed by atoms with Crippen LogP contribution in [0.4, 0.5) is 0 Å². The number of guanidine groups is 1. The number of aliphatic imine (C=N–C) groups is 1. The van der Waals surface area contributed by atoms with E-state index in [4.69, 9.17) is 13.9 Å². The summed E-state index contributed by atoms with van der Waals surface area (Å²) in [5.41, 5.74) is 0. The number of nitrogens with zero attached hydrogens (tertiary/aromatic N) is 1. The van der Waals surface area contributed by atoms with Crippen molar-refractivity contribution in [1.82, 2.24) is 10.6 Å². The fourth-order valence-corrected chi connectivity index (χ4v) is 1.56. The zero-order chi connectivity index (χ0) is 14.5. The quantitative estimate of drug-likeness (QED) is 0.267. The molecule has 1 heterocycles. The van der Waals surface area contributed by atoms with Crippen molar-refractivity contribution < 1.29 is 13.9 Å². The Morgan fingerprint density at radius 2 is 2.05 bits per heavy atom. The number of ether oxygens (including phenoxy) is 2. The average molecular weight is 411 g/mol. The van der Waals surface area contributed by atoms with Crippen LogP contribution in [0.5, 0.6) is 0 Å². The first-order valence-electron chi connectivity index (χ1n) is 6.99. The van der Waals surface area contributed by atoms with E-state index in [-0.39, 0.29) is 24.0 Å². The molecule has 21 heavy (non-hydrogen) atoms. The third-order valence-electron chi connectivity index (χ3n) is 2.55. The van der Waals surface area contributed by atoms with Crippen LogP contribution in [0, 0.1) is 0 Å². The van der Waals surface area contributed by atoms with Crippen LogP contribution in [0.2, 0.25) is 0 Å². The molecule has 0 radical (unpaired) electrons. The monoisotopic (exact) mass is 411 g/mol. The molecule has 2 N–H and O–H groups in total. The van der Waals surface area contributed by atoms with Gasteiger partial charge >= 0.3 is 0 Å². The number of rotatable bonds is 10. The van der Waals surface area contributed by atoms with Gasteiger partial charge in [0.25, 0.3) is 0 Å². The first-order chi connectivity index (χ1) is 9.86. The zero-order valence-electron chi connectivity index (χ0n) is 12.8. The smallest absolute Gasteiger partial charge is 0.191 e. The predicted molar refractivity (Wildman–Crippen MR) is 94.3 cm³/mol. The molecule has 0 unspecified atom stereocenters. The normalized spacial score (nSPS) is 11.0. The molecule has 122 valence electrons. The van der Waals surface area contributed by atoms with Gasteiger partial charge in [0.05, 0.1) is 12.9 Å². The molecule has 0 atom stereocenters. The van der Waals surface area contributed by atoms with Crippen molar-refractivity contribution in [3.63, 3.8) is 0 Å². The number of furan rings is 1. The Kier molecular flexibility index (Phi) is 13.6. The predicted octanol–water partition coefficient (Wildman–Crippen LogP) is 2.01. The van der Waals surface area contributed by atoms with Gasteiger partial charge in [-0.15, -0.1) is 24.0 Å². The molecular formula is C14H26IN3O3. The van der Waals surface area contributed by atoms with Gasteiger partial charge in [-0.25, -0.2) is 0 Å². The van der Waals surface area contributed by atoms with E-state index in [0.717, 1.165) is 37.8 Å². The van der Waals surface area contributed by atoms with Crippen molar-refractivity contribution in [3.8, 4) is 0 Å². The summed E-state index contributed by atoms with van der Waals surface area (Å²) in [4.78, 5) is 4.13. The third-order valence-corrected chi connectivity index (χ3v) is 2.55. The number of hydrogen-bond acceptors (Lipinski definition) is 4. The molecule has 0 aliphatic rings. The summed E-state index contributed by atoms with van der Waals surface area (Å²) in [5, 5.41) is 6.40. The minimum Gasteiger partial charge on any atom is -0.467 e. The molecule has 0 aromatic carbocycles. The highest BCUT2D eigenvalue weighted by atomic mass is 127. The molecular weight excluding hydrogens is 385 g/mol. The van der Waals surface area contributed by atoms with Gasteiger partial charge < -0.3 is 24.5 Å². The van der Waals surface area contributed by atoms with E-state index in [0.29, 0.717) is 19.8 Å². The topological polar surface area (TPSA) is 68.0 Å². The summed E-state index contributed by atoms with van der Waals surface area (Å²) in [6, 6.07) is 3.76. The maximum Gasteiger partial charge on any atom is 0.191 e. The molecule has 0 aliphatic heterocycles. The van der Waals surface area contributed by atoms with Crippen molar-refractivity contribution >= 4 is 29.9 Å². The van der Waals surface area contributed by atoms with E-state index >= 15 is 0 Å². The molecule has 0 saturated heterocycles. The Morgan fingerprint density at radius 1 is 1.24 bits per heavy atom. The second-order valence-corrected chi connectivity index (χ2v) is 4.11. The molecule has 1 aromatic rings. The van der Waals surface area contributed by atoms with E-state index in [1.54, 1.807) is 13.3 Å². The number of hydrogen-bond donors (Lipinski definition) is 2. The number of nitrogens with one attached hydrogen (secondary N) is 2. The molecule has 1 rings (SSSR count). The van der Waals surface area contributed by atoms with Gasteiger partial charge in [-0.05, 0) is 25.5 Å². The highest BCUT2D eigenvalue weighted by Crippen LogP contribution is 2.01. The van der Waals surface area contributed by atoms with Gasteiger partial charge in [0.15, 0.2) is 5.96 Å². The minimum absolute atomic E-state index is 0. The highest BCUT2D eigenvalue weighted by molar-refractivity contribution is 14.0. The summed E-state index contributed by atoms with van der Waals surface area (Å²) >= 11 is 0. The SMILES string of the molecule is CCOCCNC(=NC)NCCCOCc1ccco1.I. The van der Waals surface area contributed by atoms with E-state index in [9.17, 15) is 0 Å². The van der Waals surface area contributed by atoms with Crippen LogP contribution in [0.15, 0.2) is 27.8 Å². The first-order valence-corrected chi connectivity index (χ1v) is 6.99. The Morgan fingerprint density at radius 3 is 2.71 bits per heavy atom. The van der Waals surface area contributed by atoms with Crippen LogP contribution < -0.4 is 10.6 Å². The molecule has 6 nitrogen and oxygen atoms in total. The minimum atomic E-state index is 0. The van der Waals surface area contributed by atoms with E-state index in [1.807, 2.05) is 19.1 Å². The lowest BCUT2D eigenvalue weighted by Gasteiger charge is -2.11. The van der Waals surface area contributed by atoms with E-state index in [1.165, 1.54) is 0 Å². The Balaban J connectivity index is 0.00000400. The summed E-state index contributed by atoms with van der Waals surface area (Å²) in [5.74, 6) is 1.64. The fraction of sp³-hybridized carbons (Fsp3) is 0.643. The Labute approximate surface area is 143 Å². The lowest BCUT2D eigenvalue weighted by Crippen LogP contribution is -2.39. The van der Waals surface area contributed by atoms with E-state index in [2.05, 4.69) is 15.6 Å². The van der Waals surface area contributed by atoms with Gasteiger partial charge in [-0.3, -0.25) is 4.99 Å². The lowest BCUT2D eigenvalue weighted by molar-refractivity contribution is 0.105. The fourth-order valence-electron chi connectivity index (χ4n) is 1.56. The molecule has 7 heteroatoms. The Hall–Kier alpha value is -0.800. The van der Waals surface area contributed by atoms with Crippen molar-refractivity contribution in [3.05, 3.63) is 24.2 Å². The van der Waals surface area contributed by atoms with Crippen molar-refractivity contribution in [2.75, 3.05) is 40.0 Å². The van der Waals surface area contributed by atoms with Gasteiger partial charge in [-0.2, -0.15) is 0 Å². The molecule has 0 saturated carbocycles. The van der Waals surface area contributed by atoms with Crippen LogP contribution >= 0.6 is 24.0 Å². The third kappa shape index (κ3) is 10.6. The van der Waals surface area contributed by atoms with Crippen molar-refractivity contribution in [2.24, 2.45) is 4.99 Å². The van der Waals surface area contributed by atoms with Crippen LogP contribution in [-0.4, -0.2) is 45.9 Å². The summed E-state index contributed by atoms with van der Waals surface area (Å²) in [7, 11) is 1.75. The molecule has 0 amide bonds. The maximum atomic E-state index is 5.49. The second kappa shape index (κ2) is 14.2. The second-order valence-electron chi connectivity index (χ2n) is 4.11. The number of halogens is 1. The first kappa shape index (κ1) is 20.2. The molecule has 0 bridgehead atoms. The molecule has 0 fully saturated rings. The van der Waals surface area contributed by atoms with Gasteiger partial charge in [0.1, 0.15) is 12.4 Å². The van der Waals surface area contributed by atoms with Gasteiger partial charge in [0, 0.05) is 33.4 Å². The summed E-state index contributed by atoms with van der Waals surface area (Å²) in [6.45, 7) is 6.17. The maximum absolute atomic E-state index is 5.49. The lowest BCUT2D eigenvalue weighted by atomic mass is 10.4. The molecule has 1 aromatic heterocycles. The Bertz CT molecular complexity index is 358. The summed E-state index contributed by atoms with van der Waals surface area (Å²) < 4.78 is 15.9. The van der Waals surface area contributed by atoms with E-state index < -0.39 is 0 Å². The van der Waals surface area contributed by atoms with Gasteiger partial charge in [0.2, 0.25) is 0 Å². The average Bonchev–Trinajstić information content (AvgIpc) is 2.98. The van der Waals surface area contributed by atoms with Crippen LogP contribution in [-0.2, 0) is 16.1 Å². The molecule has 0 spiro atoms. The van der Waals surface area contributed by atoms with Gasteiger partial charge in [-0.1, -0.05) is 0 Å². The van der Waals surface area contributed by atoms with Crippen molar-refractivity contribution in [1.29, 1.82) is 0 Å².